The van der Waals surface area contributed by atoms with Gasteiger partial charge in [-0.25, -0.2) is 0 Å². The van der Waals surface area contributed by atoms with E-state index in [1.807, 2.05) is 6.21 Å². The Morgan fingerprint density at radius 2 is 1.96 bits per heavy atom. The Morgan fingerprint density at radius 3 is 2.52 bits per heavy atom. The Balaban J connectivity index is 2.25. The number of rotatable bonds is 3. The van der Waals surface area contributed by atoms with Crippen LogP contribution in [0.2, 0.25) is 0 Å². The van der Waals surface area contributed by atoms with Crippen LogP contribution in [-0.4, -0.2) is 38.0 Å². The molecule has 0 radical (unpaired) electrons. The third-order valence-corrected chi connectivity index (χ3v) is 4.69. The number of aliphatic imine (C=N–C) groups is 1. The summed E-state index contributed by atoms with van der Waals surface area (Å²) < 4.78 is 38.2. The molecule has 1 aliphatic rings. The summed E-state index contributed by atoms with van der Waals surface area (Å²) in [4.78, 5) is 4.04. The molecule has 0 bridgehead atoms. The molecule has 0 aliphatic heterocycles. The molecule has 0 saturated heterocycles. The molecule has 0 aromatic heterocycles. The van der Waals surface area contributed by atoms with Crippen LogP contribution in [0.3, 0.4) is 0 Å². The van der Waals surface area contributed by atoms with Gasteiger partial charge in [0, 0.05) is 25.6 Å². The molecule has 1 aliphatic carbocycles. The maximum atomic E-state index is 12.9. The summed E-state index contributed by atoms with van der Waals surface area (Å²) >= 11 is 0. The average Bonchev–Trinajstić information content (AvgIpc) is 2.46. The van der Waals surface area contributed by atoms with Gasteiger partial charge in [-0.2, -0.15) is 13.2 Å². The number of alkyl halides is 3. The molecule has 1 unspecified atom stereocenters. The number of nitrogens with zero attached hydrogens (tertiary/aromatic N) is 2. The van der Waals surface area contributed by atoms with Gasteiger partial charge in [-0.1, -0.05) is 18.2 Å². The fourth-order valence-corrected chi connectivity index (χ4v) is 3.52. The standard InChI is InChI=1S/C17H23F3N2O/c1-21-11-14-8-7-13(10-16(14)22(2,3)23)12-5-4-6-15(9-12)17(18,19)20/h4-6,9,11,13-14,16H,7-8,10H2,1-3H3/b21-11+/t13-,14?,16-/m0/s1. The Kier molecular flexibility index (Phi) is 5.16. The van der Waals surface area contributed by atoms with Crippen molar-refractivity contribution < 1.29 is 17.8 Å². The lowest BCUT2D eigenvalue weighted by atomic mass is 9.75. The molecule has 1 fully saturated rings. The Hall–Kier alpha value is -1.40. The van der Waals surface area contributed by atoms with E-state index in [1.54, 1.807) is 27.2 Å². The van der Waals surface area contributed by atoms with Gasteiger partial charge >= 0.3 is 6.18 Å². The van der Waals surface area contributed by atoms with Crippen LogP contribution in [0.4, 0.5) is 13.2 Å². The minimum Gasteiger partial charge on any atom is -0.633 e. The van der Waals surface area contributed by atoms with E-state index in [0.717, 1.165) is 18.9 Å². The molecule has 1 aromatic carbocycles. The average molecular weight is 328 g/mol. The molecular weight excluding hydrogens is 305 g/mol. The predicted molar refractivity (Wildman–Crippen MR) is 85.2 cm³/mol. The monoisotopic (exact) mass is 328 g/mol. The van der Waals surface area contributed by atoms with E-state index in [0.29, 0.717) is 12.0 Å². The molecule has 0 spiro atoms. The normalized spacial score (nSPS) is 26.7. The van der Waals surface area contributed by atoms with Crippen molar-refractivity contribution in [2.75, 3.05) is 21.1 Å². The summed E-state index contributed by atoms with van der Waals surface area (Å²) in [5.74, 6) is 0.0599. The highest BCUT2D eigenvalue weighted by atomic mass is 19.4. The molecule has 23 heavy (non-hydrogen) atoms. The molecule has 3 atom stereocenters. The van der Waals surface area contributed by atoms with Gasteiger partial charge < -0.3 is 14.8 Å². The maximum Gasteiger partial charge on any atom is 0.416 e. The molecular formula is C17H23F3N2O. The lowest BCUT2D eigenvalue weighted by molar-refractivity contribution is -0.871. The summed E-state index contributed by atoms with van der Waals surface area (Å²) in [5, 5.41) is 12.4. The molecule has 0 N–H and O–H groups in total. The molecule has 6 heteroatoms. The van der Waals surface area contributed by atoms with Crippen LogP contribution in [0.25, 0.3) is 0 Å². The second kappa shape index (κ2) is 6.61. The summed E-state index contributed by atoms with van der Waals surface area (Å²) in [5.41, 5.74) is 0.0461. The van der Waals surface area contributed by atoms with Crippen molar-refractivity contribution >= 4 is 6.21 Å². The van der Waals surface area contributed by atoms with Gasteiger partial charge in [-0.3, -0.25) is 0 Å². The second-order valence-electron chi connectivity index (χ2n) is 6.71. The van der Waals surface area contributed by atoms with E-state index in [2.05, 4.69) is 4.99 Å². The number of hydrogen-bond donors (Lipinski definition) is 0. The number of halogens is 3. The smallest absolute Gasteiger partial charge is 0.416 e. The molecule has 3 nitrogen and oxygen atoms in total. The van der Waals surface area contributed by atoms with Crippen molar-refractivity contribution in [3.63, 3.8) is 0 Å². The molecule has 128 valence electrons. The van der Waals surface area contributed by atoms with Crippen LogP contribution in [0.1, 0.15) is 36.3 Å². The maximum absolute atomic E-state index is 12.9. The fourth-order valence-electron chi connectivity index (χ4n) is 3.52. The van der Waals surface area contributed by atoms with Crippen molar-refractivity contribution in [1.29, 1.82) is 0 Å². The Labute approximate surface area is 135 Å². The highest BCUT2D eigenvalue weighted by molar-refractivity contribution is 5.61. The molecule has 2 rings (SSSR count). The zero-order valence-electron chi connectivity index (χ0n) is 13.7. The van der Waals surface area contributed by atoms with E-state index in [9.17, 15) is 18.4 Å². The lowest BCUT2D eigenvalue weighted by Crippen LogP contribution is -2.50. The van der Waals surface area contributed by atoms with Crippen LogP contribution in [0.15, 0.2) is 29.3 Å². The van der Waals surface area contributed by atoms with Crippen LogP contribution in [-0.2, 0) is 6.18 Å². The first kappa shape index (κ1) is 17.9. The van der Waals surface area contributed by atoms with Gasteiger partial charge in [-0.05, 0) is 30.4 Å². The van der Waals surface area contributed by atoms with Crippen LogP contribution in [0, 0.1) is 11.1 Å². The van der Waals surface area contributed by atoms with Gasteiger partial charge in [0.25, 0.3) is 0 Å². The van der Waals surface area contributed by atoms with Gasteiger partial charge in [0.1, 0.15) is 0 Å². The van der Waals surface area contributed by atoms with Crippen LogP contribution in [0.5, 0.6) is 0 Å². The van der Waals surface area contributed by atoms with Gasteiger partial charge in [0.05, 0.1) is 25.7 Å². The fraction of sp³-hybridized carbons (Fsp3) is 0.588. The number of quaternary nitrogens is 1. The molecule has 1 saturated carbocycles. The third-order valence-electron chi connectivity index (χ3n) is 4.69. The lowest BCUT2D eigenvalue weighted by Gasteiger charge is -2.48. The van der Waals surface area contributed by atoms with E-state index in [1.165, 1.54) is 12.1 Å². The first-order valence-electron chi connectivity index (χ1n) is 7.77. The zero-order valence-corrected chi connectivity index (χ0v) is 13.7. The number of benzene rings is 1. The van der Waals surface area contributed by atoms with E-state index in [4.69, 9.17) is 0 Å². The minimum absolute atomic E-state index is 0.0184. The second-order valence-corrected chi connectivity index (χ2v) is 6.71. The Bertz CT molecular complexity index is 564. The van der Waals surface area contributed by atoms with Crippen molar-refractivity contribution in [3.8, 4) is 0 Å². The summed E-state index contributed by atoms with van der Waals surface area (Å²) in [6, 6.07) is 5.30. The van der Waals surface area contributed by atoms with E-state index >= 15 is 0 Å². The first-order valence-corrected chi connectivity index (χ1v) is 7.77. The van der Waals surface area contributed by atoms with E-state index < -0.39 is 16.4 Å². The largest absolute Gasteiger partial charge is 0.633 e. The van der Waals surface area contributed by atoms with Crippen LogP contribution >= 0.6 is 0 Å². The molecule has 1 aromatic rings. The SMILES string of the molecule is C/N=C/C1CC[C@H](c2cccc(C(F)(F)F)c2)C[C@@H]1[N+](C)(C)[O-]. The number of hydrogen-bond acceptors (Lipinski definition) is 2. The first-order chi connectivity index (χ1) is 10.6. The highest BCUT2D eigenvalue weighted by Gasteiger charge is 2.38. The third kappa shape index (κ3) is 4.32. The zero-order chi connectivity index (χ0) is 17.3. The van der Waals surface area contributed by atoms with Crippen LogP contribution < -0.4 is 0 Å². The molecule has 0 amide bonds. The van der Waals surface area contributed by atoms with Gasteiger partial charge in [0.2, 0.25) is 0 Å². The minimum atomic E-state index is -4.34. The highest BCUT2D eigenvalue weighted by Crippen LogP contribution is 2.40. The van der Waals surface area contributed by atoms with Crippen molar-refractivity contribution in [2.45, 2.75) is 37.4 Å². The van der Waals surface area contributed by atoms with Crippen molar-refractivity contribution in [2.24, 2.45) is 10.9 Å². The molecule has 0 heterocycles. The summed E-state index contributed by atoms with van der Waals surface area (Å²) in [6.07, 6.45) is -0.407. The quantitative estimate of drug-likeness (QED) is 0.464. The van der Waals surface area contributed by atoms with E-state index in [-0.39, 0.29) is 17.9 Å². The topological polar surface area (TPSA) is 35.4 Å². The van der Waals surface area contributed by atoms with Crippen molar-refractivity contribution in [1.82, 2.24) is 0 Å². The van der Waals surface area contributed by atoms with Gasteiger partial charge in [-0.15, -0.1) is 0 Å². The summed E-state index contributed by atoms with van der Waals surface area (Å²) in [6.45, 7) is 0. The summed E-state index contributed by atoms with van der Waals surface area (Å²) in [7, 11) is 4.87. The Morgan fingerprint density at radius 1 is 1.26 bits per heavy atom. The number of hydroxylamine groups is 3. The van der Waals surface area contributed by atoms with Gasteiger partial charge in [0.15, 0.2) is 0 Å². The van der Waals surface area contributed by atoms with Crippen molar-refractivity contribution in [3.05, 3.63) is 40.6 Å². The predicted octanol–water partition coefficient (Wildman–Crippen LogP) is 4.23.